The van der Waals surface area contributed by atoms with Crippen LogP contribution in [0.3, 0.4) is 0 Å². The van der Waals surface area contributed by atoms with Gasteiger partial charge in [0.2, 0.25) is 17.7 Å². The van der Waals surface area contributed by atoms with Gasteiger partial charge in [-0.05, 0) is 37.1 Å². The molecule has 3 rings (SSSR count). The van der Waals surface area contributed by atoms with E-state index in [-0.39, 0.29) is 36.2 Å². The molecule has 26 heavy (non-hydrogen) atoms. The molecule has 0 spiro atoms. The summed E-state index contributed by atoms with van der Waals surface area (Å²) in [4.78, 5) is 39.1. The van der Waals surface area contributed by atoms with Crippen LogP contribution >= 0.6 is 0 Å². The van der Waals surface area contributed by atoms with Crippen LogP contribution in [-0.4, -0.2) is 40.7 Å². The number of fused-ring (bicyclic) bond motifs is 1. The second-order valence-electron chi connectivity index (χ2n) is 6.90. The number of halogens is 1. The highest BCUT2D eigenvalue weighted by Crippen LogP contribution is 2.30. The minimum atomic E-state index is -0.803. The van der Waals surface area contributed by atoms with Crippen LogP contribution in [0.1, 0.15) is 45.4 Å². The van der Waals surface area contributed by atoms with E-state index in [4.69, 9.17) is 0 Å². The van der Waals surface area contributed by atoms with E-state index < -0.39 is 11.9 Å². The fraction of sp³-hybridized carbons (Fsp3) is 0.526. The summed E-state index contributed by atoms with van der Waals surface area (Å²) < 4.78 is 13.0. The highest BCUT2D eigenvalue weighted by Gasteiger charge is 2.45. The second-order valence-corrected chi connectivity index (χ2v) is 6.90. The van der Waals surface area contributed by atoms with E-state index in [2.05, 4.69) is 10.6 Å². The Bertz CT molecular complexity index is 692. The molecule has 7 heteroatoms. The summed E-state index contributed by atoms with van der Waals surface area (Å²) in [6, 6.07) is 4.55. The fourth-order valence-electron chi connectivity index (χ4n) is 3.90. The van der Waals surface area contributed by atoms with Gasteiger partial charge in [0.25, 0.3) is 0 Å². The van der Waals surface area contributed by atoms with Crippen molar-refractivity contribution in [2.75, 3.05) is 5.32 Å². The standard InChI is InChI=1S/C19H24FN3O3/c1-2-18(25)23-15-6-4-3-5-14(15)22-19(26)16(23)11-17(24)21-13-9-7-12(20)8-10-13/h7-10,14-16H,2-6,11H2,1H3,(H,21,24)(H,22,26)/t14-,15+,16-/m1/s1. The molecule has 1 heterocycles. The average Bonchev–Trinajstić information content (AvgIpc) is 2.63. The summed E-state index contributed by atoms with van der Waals surface area (Å²) in [5, 5.41) is 5.65. The van der Waals surface area contributed by atoms with Crippen molar-refractivity contribution < 1.29 is 18.8 Å². The van der Waals surface area contributed by atoms with Gasteiger partial charge in [-0.25, -0.2) is 4.39 Å². The molecule has 1 aliphatic heterocycles. The molecule has 140 valence electrons. The Morgan fingerprint density at radius 2 is 1.92 bits per heavy atom. The molecule has 0 bridgehead atoms. The lowest BCUT2D eigenvalue weighted by molar-refractivity contribution is -0.151. The molecule has 3 atom stereocenters. The first-order chi connectivity index (χ1) is 12.5. The van der Waals surface area contributed by atoms with Crippen LogP contribution < -0.4 is 10.6 Å². The predicted octanol–water partition coefficient (Wildman–Crippen LogP) is 2.20. The molecule has 0 aromatic heterocycles. The van der Waals surface area contributed by atoms with Crippen LogP contribution in [0.2, 0.25) is 0 Å². The molecule has 1 aliphatic carbocycles. The monoisotopic (exact) mass is 361 g/mol. The fourth-order valence-corrected chi connectivity index (χ4v) is 3.90. The van der Waals surface area contributed by atoms with Crippen molar-refractivity contribution in [3.8, 4) is 0 Å². The van der Waals surface area contributed by atoms with Crippen LogP contribution in [0.5, 0.6) is 0 Å². The van der Waals surface area contributed by atoms with Crippen molar-refractivity contribution in [1.82, 2.24) is 10.2 Å². The van der Waals surface area contributed by atoms with Gasteiger partial charge >= 0.3 is 0 Å². The zero-order valence-electron chi connectivity index (χ0n) is 14.8. The third-order valence-corrected chi connectivity index (χ3v) is 5.15. The van der Waals surface area contributed by atoms with E-state index in [0.717, 1.165) is 25.7 Å². The Kier molecular flexibility index (Phi) is 5.54. The highest BCUT2D eigenvalue weighted by atomic mass is 19.1. The van der Waals surface area contributed by atoms with Crippen molar-refractivity contribution in [1.29, 1.82) is 0 Å². The van der Waals surface area contributed by atoms with Gasteiger partial charge in [-0.15, -0.1) is 0 Å². The molecule has 3 amide bonds. The van der Waals surface area contributed by atoms with Gasteiger partial charge in [-0.3, -0.25) is 14.4 Å². The van der Waals surface area contributed by atoms with Gasteiger partial charge in [-0.1, -0.05) is 19.8 Å². The number of carbonyl (C=O) groups is 3. The molecule has 6 nitrogen and oxygen atoms in total. The van der Waals surface area contributed by atoms with Gasteiger partial charge in [0.15, 0.2) is 0 Å². The molecule has 0 unspecified atom stereocenters. The summed E-state index contributed by atoms with van der Waals surface area (Å²) in [5.74, 6) is -1.14. The average molecular weight is 361 g/mol. The smallest absolute Gasteiger partial charge is 0.243 e. The molecule has 1 aromatic rings. The Morgan fingerprint density at radius 1 is 1.23 bits per heavy atom. The Labute approximate surface area is 152 Å². The minimum absolute atomic E-state index is 0.0249. The predicted molar refractivity (Wildman–Crippen MR) is 94.8 cm³/mol. The third-order valence-electron chi connectivity index (χ3n) is 5.15. The van der Waals surface area contributed by atoms with E-state index in [1.807, 2.05) is 0 Å². The number of benzene rings is 1. The van der Waals surface area contributed by atoms with Crippen LogP contribution in [0.4, 0.5) is 10.1 Å². The van der Waals surface area contributed by atoms with E-state index in [1.54, 1.807) is 11.8 Å². The van der Waals surface area contributed by atoms with Crippen LogP contribution in [0.15, 0.2) is 24.3 Å². The zero-order valence-corrected chi connectivity index (χ0v) is 14.8. The summed E-state index contributed by atoms with van der Waals surface area (Å²) in [6.07, 6.45) is 3.93. The number of carbonyl (C=O) groups excluding carboxylic acids is 3. The summed E-state index contributed by atoms with van der Waals surface area (Å²) in [7, 11) is 0. The third kappa shape index (κ3) is 3.86. The first-order valence-corrected chi connectivity index (χ1v) is 9.16. The molecule has 2 aliphatic rings. The first-order valence-electron chi connectivity index (χ1n) is 9.16. The van der Waals surface area contributed by atoms with Gasteiger partial charge in [0, 0.05) is 18.2 Å². The van der Waals surface area contributed by atoms with Crippen molar-refractivity contribution in [3.63, 3.8) is 0 Å². The summed E-state index contributed by atoms with van der Waals surface area (Å²) in [5.41, 5.74) is 0.455. The van der Waals surface area contributed by atoms with Crippen LogP contribution in [-0.2, 0) is 14.4 Å². The minimum Gasteiger partial charge on any atom is -0.349 e. The van der Waals surface area contributed by atoms with E-state index in [1.165, 1.54) is 24.3 Å². The number of amides is 3. The molecule has 2 N–H and O–H groups in total. The number of rotatable bonds is 4. The molecule has 2 fully saturated rings. The van der Waals surface area contributed by atoms with E-state index >= 15 is 0 Å². The normalized spacial score (nSPS) is 25.2. The van der Waals surface area contributed by atoms with Crippen molar-refractivity contribution in [2.45, 2.75) is 63.6 Å². The lowest BCUT2D eigenvalue weighted by Gasteiger charge is -2.48. The van der Waals surface area contributed by atoms with Crippen LogP contribution in [0.25, 0.3) is 0 Å². The lowest BCUT2D eigenvalue weighted by atomic mass is 9.85. The van der Waals surface area contributed by atoms with Gasteiger partial charge in [0.1, 0.15) is 11.9 Å². The zero-order chi connectivity index (χ0) is 18.7. The van der Waals surface area contributed by atoms with Gasteiger partial charge < -0.3 is 15.5 Å². The second kappa shape index (κ2) is 7.85. The topological polar surface area (TPSA) is 78.5 Å². The SMILES string of the molecule is CCC(=O)N1[C@H](CC(=O)Nc2ccc(F)cc2)C(=O)N[C@@H]2CCCC[C@@H]21. The van der Waals surface area contributed by atoms with E-state index in [0.29, 0.717) is 12.1 Å². The number of hydrogen-bond donors (Lipinski definition) is 2. The van der Waals surface area contributed by atoms with Crippen LogP contribution in [0, 0.1) is 5.82 Å². The molecular weight excluding hydrogens is 337 g/mol. The van der Waals surface area contributed by atoms with E-state index in [9.17, 15) is 18.8 Å². The molecule has 1 saturated heterocycles. The first kappa shape index (κ1) is 18.4. The number of anilines is 1. The molecule has 1 aromatic carbocycles. The number of nitrogens with zero attached hydrogens (tertiary/aromatic N) is 1. The Morgan fingerprint density at radius 3 is 2.62 bits per heavy atom. The molecular formula is C19H24FN3O3. The molecule has 1 saturated carbocycles. The van der Waals surface area contributed by atoms with Crippen molar-refractivity contribution in [3.05, 3.63) is 30.1 Å². The largest absolute Gasteiger partial charge is 0.349 e. The Hall–Kier alpha value is -2.44. The maximum Gasteiger partial charge on any atom is 0.243 e. The van der Waals surface area contributed by atoms with Gasteiger partial charge in [-0.2, -0.15) is 0 Å². The lowest BCUT2D eigenvalue weighted by Crippen LogP contribution is -2.67. The Balaban J connectivity index is 1.74. The number of piperazine rings is 1. The maximum atomic E-state index is 13.0. The van der Waals surface area contributed by atoms with Crippen molar-refractivity contribution >= 4 is 23.4 Å². The highest BCUT2D eigenvalue weighted by molar-refractivity contribution is 5.97. The quantitative estimate of drug-likeness (QED) is 0.863. The number of hydrogen-bond acceptors (Lipinski definition) is 3. The van der Waals surface area contributed by atoms with Crippen molar-refractivity contribution in [2.24, 2.45) is 0 Å². The molecule has 0 radical (unpaired) electrons. The summed E-state index contributed by atoms with van der Waals surface area (Å²) in [6.45, 7) is 1.77. The maximum absolute atomic E-state index is 13.0. The number of nitrogens with one attached hydrogen (secondary N) is 2. The van der Waals surface area contributed by atoms with Gasteiger partial charge in [0.05, 0.1) is 12.5 Å². The summed E-state index contributed by atoms with van der Waals surface area (Å²) >= 11 is 0.